The first-order valence-electron chi connectivity index (χ1n) is 39.6. The number of piperazine rings is 1. The van der Waals surface area contributed by atoms with E-state index in [0.717, 1.165) is 0 Å². The summed E-state index contributed by atoms with van der Waals surface area (Å²) in [6.45, 7) is 16.0. The van der Waals surface area contributed by atoms with E-state index in [0.29, 0.717) is 74.5 Å². The van der Waals surface area contributed by atoms with E-state index in [1.165, 1.54) is 64.3 Å². The number of aromatic nitrogens is 4. The first-order chi connectivity index (χ1) is 59.6. The Morgan fingerprint density at radius 1 is 0.592 bits per heavy atom. The Morgan fingerprint density at radius 3 is 1.50 bits per heavy atom. The predicted octanol–water partition coefficient (Wildman–Crippen LogP) is 5.61. The number of esters is 1. The summed E-state index contributed by atoms with van der Waals surface area (Å²) in [6.07, 6.45) is 4.73. The molecular weight excluding hydrogens is 1680 g/mol. The molecule has 45 heteroatoms. The standard InChI is InChI=1S/C80H105F4N17O23S/c1-9-89-57(40-48(5)85)74(106)96-77-93-55-42-52(71(87)103)44-59(114-8)67(55)100(77)20-11-12-21-101-68-56(94-78(101)97-75(107)58(90-10-2)41-49(6)86)43-53(72(88)104)45-60(68)121-26-13-19-98-22-24-99(25-23-98)80(110)123-46-51-14-16-54(17-15-51)92-73(105)50(7)91-76(108)66(47(3)4)95-79(109)122-39-38-120-37-36-119-35-34-118-33-32-117-31-30-116-29-28-115-27-18-61(102)124-69-62(81)64(83)70(125(111,112)113)65(84)63(69)82/h11-12,14-17,40-45,47,50,66,85-86,89-90H,9-10,13,18-39,46H2,1-8H3,(H2,87,103)(H2,88,104)(H,91,108)(H,92,105)(H,95,109)(H,93,96,106)(H,94,97,107)(H,111,112,113)/b12-11+,57-40-,58-41-,85-48?,86-49?/t50-,66-/m0/s1. The fraction of sp³-hybridized carbons (Fsp3) is 0.463. The Morgan fingerprint density at radius 2 is 1.06 bits per heavy atom. The molecule has 0 saturated carbocycles. The molecule has 40 nitrogen and oxygen atoms in total. The summed E-state index contributed by atoms with van der Waals surface area (Å²) in [5.41, 5.74) is 14.5. The van der Waals surface area contributed by atoms with Gasteiger partial charge in [-0.3, -0.25) is 53.6 Å². The fourth-order valence-electron chi connectivity index (χ4n) is 12.0. The van der Waals surface area contributed by atoms with Crippen LogP contribution in [0.5, 0.6) is 17.2 Å². The van der Waals surface area contributed by atoms with Crippen molar-refractivity contribution in [3.63, 3.8) is 0 Å². The third-order valence-electron chi connectivity index (χ3n) is 18.0. The molecule has 0 bridgehead atoms. The summed E-state index contributed by atoms with van der Waals surface area (Å²) in [6, 6.07) is 10.4. The summed E-state index contributed by atoms with van der Waals surface area (Å²) in [5.74, 6) is -16.6. The van der Waals surface area contributed by atoms with E-state index in [1.807, 2.05) is 0 Å². The summed E-state index contributed by atoms with van der Waals surface area (Å²) in [5, 5.41) is 35.6. The third-order valence-corrected chi connectivity index (χ3v) is 18.9. The molecule has 3 heterocycles. The second-order valence-electron chi connectivity index (χ2n) is 27.9. The van der Waals surface area contributed by atoms with E-state index in [-0.39, 0.29) is 181 Å². The molecule has 1 fully saturated rings. The molecule has 7 rings (SSSR count). The zero-order valence-corrected chi connectivity index (χ0v) is 71.0. The Balaban J connectivity index is 0.781. The molecule has 1 aliphatic heterocycles. The van der Waals surface area contributed by atoms with Crippen molar-refractivity contribution in [3.05, 3.63) is 124 Å². The fourth-order valence-corrected chi connectivity index (χ4v) is 12.6. The molecule has 2 atom stereocenters. The molecule has 8 amide bonds. The van der Waals surface area contributed by atoms with Gasteiger partial charge < -0.3 is 115 Å². The number of hydrogen-bond donors (Lipinski definition) is 12. The molecule has 14 N–H and O–H groups in total. The average molecular weight is 1780 g/mol. The Labute approximate surface area is 716 Å². The highest BCUT2D eigenvalue weighted by Crippen LogP contribution is 2.35. The van der Waals surface area contributed by atoms with E-state index in [1.54, 1.807) is 78.1 Å². The maximum Gasteiger partial charge on any atom is 0.410 e. The van der Waals surface area contributed by atoms with E-state index in [4.69, 9.17) is 79.2 Å². The van der Waals surface area contributed by atoms with Crippen LogP contribution in [-0.2, 0) is 91.7 Å². The number of alkyl carbamates (subject to hydrolysis) is 1. The number of fused-ring (bicyclic) bond motifs is 2. The number of amides is 8. The zero-order chi connectivity index (χ0) is 91.5. The second-order valence-corrected chi connectivity index (χ2v) is 29.3. The number of imidazole rings is 2. The van der Waals surface area contributed by atoms with Gasteiger partial charge in [-0.2, -0.15) is 17.2 Å². The molecule has 1 aliphatic rings. The van der Waals surface area contributed by atoms with Crippen molar-refractivity contribution in [2.45, 2.75) is 98.0 Å². The van der Waals surface area contributed by atoms with Crippen molar-refractivity contribution >= 4 is 115 Å². The number of primary amides is 2. The SMILES string of the molecule is CCN/C(=C\C(C)=N)C(=O)Nc1nc2cc(C(N)=O)cc(OC)c2n1C/C=C/Cn1c(NC(=O)/C(=C/C(C)=N)NCC)nc2cc(C(N)=O)cc(OCCCN3CCN(C(=O)OCc4ccc(NC(=O)[C@H](C)NC(=O)[C@@H](NC(=O)OCCOCCOCCOCCOCCOCCOCCC(=O)Oc5c(F)c(F)c(S(=O)(=O)O)c(F)c5F)C(C)C)cc4)CC3)c21. The molecule has 0 aliphatic carbocycles. The van der Waals surface area contributed by atoms with Gasteiger partial charge in [0.2, 0.25) is 52.9 Å². The van der Waals surface area contributed by atoms with Gasteiger partial charge in [0.05, 0.1) is 110 Å². The van der Waals surface area contributed by atoms with Crippen molar-refractivity contribution in [2.75, 3.05) is 161 Å². The smallest absolute Gasteiger partial charge is 0.410 e. The topological polar surface area (TPSA) is 536 Å². The van der Waals surface area contributed by atoms with Gasteiger partial charge in [0, 0.05) is 87.1 Å². The van der Waals surface area contributed by atoms with Gasteiger partial charge in [-0.25, -0.2) is 28.3 Å². The number of allylic oxidation sites excluding steroid dienone is 4. The highest BCUT2D eigenvalue weighted by molar-refractivity contribution is 7.85. The van der Waals surface area contributed by atoms with Crippen LogP contribution in [0.25, 0.3) is 22.1 Å². The van der Waals surface area contributed by atoms with Crippen LogP contribution in [0.2, 0.25) is 0 Å². The number of methoxy groups -OCH3 is 1. The van der Waals surface area contributed by atoms with Gasteiger partial charge >= 0.3 is 28.3 Å². The summed E-state index contributed by atoms with van der Waals surface area (Å²) in [4.78, 5) is 128. The quantitative estimate of drug-likeness (QED) is 0.00254. The van der Waals surface area contributed by atoms with Crippen LogP contribution in [0.3, 0.4) is 0 Å². The maximum atomic E-state index is 14.1. The lowest BCUT2D eigenvalue weighted by Crippen LogP contribution is -2.53. The van der Waals surface area contributed by atoms with Crippen molar-refractivity contribution in [1.29, 1.82) is 10.8 Å². The van der Waals surface area contributed by atoms with E-state index in [2.05, 4.69) is 51.8 Å². The molecule has 2 aromatic heterocycles. The van der Waals surface area contributed by atoms with Gasteiger partial charge in [-0.1, -0.05) is 38.1 Å². The van der Waals surface area contributed by atoms with Crippen LogP contribution in [0.15, 0.2) is 89.1 Å². The van der Waals surface area contributed by atoms with E-state index in [9.17, 15) is 69.1 Å². The molecule has 1 saturated heterocycles. The third kappa shape index (κ3) is 30.9. The largest absolute Gasteiger partial charge is 0.494 e. The summed E-state index contributed by atoms with van der Waals surface area (Å²) < 4.78 is 150. The number of ether oxygens (including phenoxy) is 11. The molecule has 125 heavy (non-hydrogen) atoms. The number of nitrogens with zero attached hydrogens (tertiary/aromatic N) is 6. The van der Waals surface area contributed by atoms with Crippen molar-refractivity contribution in [3.8, 4) is 17.2 Å². The van der Waals surface area contributed by atoms with Crippen LogP contribution in [0.4, 0.5) is 44.7 Å². The minimum Gasteiger partial charge on any atom is -0.494 e. The highest BCUT2D eigenvalue weighted by Gasteiger charge is 2.35. The number of hydrogen-bond acceptors (Lipinski definition) is 29. The average Bonchev–Trinajstić information content (AvgIpc) is 1.58. The number of rotatable bonds is 53. The normalized spacial score (nSPS) is 13.2. The van der Waals surface area contributed by atoms with E-state index >= 15 is 0 Å². The number of nitrogens with two attached hydrogens (primary N) is 2. The second kappa shape index (κ2) is 49.9. The highest BCUT2D eigenvalue weighted by atomic mass is 32.2. The van der Waals surface area contributed by atoms with Gasteiger partial charge in [0.25, 0.3) is 11.8 Å². The van der Waals surface area contributed by atoms with Crippen LogP contribution >= 0.6 is 0 Å². The number of carbonyl (C=O) groups excluding carboxylic acids is 9. The maximum absolute atomic E-state index is 14.1. The Kier molecular flexibility index (Phi) is 39.9. The van der Waals surface area contributed by atoms with Crippen LogP contribution < -0.4 is 62.9 Å². The lowest BCUT2D eigenvalue weighted by atomic mass is 10.0. The van der Waals surface area contributed by atoms with Crippen molar-refractivity contribution < 1.29 is 126 Å². The predicted molar refractivity (Wildman–Crippen MR) is 445 cm³/mol. The number of anilines is 3. The lowest BCUT2D eigenvalue weighted by molar-refractivity contribution is -0.136. The van der Waals surface area contributed by atoms with Crippen molar-refractivity contribution in [2.24, 2.45) is 17.4 Å². The van der Waals surface area contributed by atoms with Crippen molar-refractivity contribution in [1.82, 2.24) is 50.2 Å². The first kappa shape index (κ1) is 99.9. The van der Waals surface area contributed by atoms with E-state index < -0.39 is 122 Å². The van der Waals surface area contributed by atoms with Gasteiger partial charge in [-0.15, -0.1) is 0 Å². The molecular formula is C80H105F4N17O23S. The number of halogens is 4. The van der Waals surface area contributed by atoms with Crippen LogP contribution in [-0.4, -0.2) is 264 Å². The zero-order valence-electron chi connectivity index (χ0n) is 70.2. The monoisotopic (exact) mass is 1780 g/mol. The molecule has 682 valence electrons. The van der Waals surface area contributed by atoms with Gasteiger partial charge in [0.15, 0.2) is 16.5 Å². The number of carbonyl (C=O) groups is 9. The number of nitrogens with one attached hydrogen (secondary N) is 9. The number of benzene rings is 4. The molecule has 0 unspecified atom stereocenters. The molecule has 0 spiro atoms. The summed E-state index contributed by atoms with van der Waals surface area (Å²) in [7, 11) is -4.28. The molecule has 0 radical (unpaired) electrons. The minimum atomic E-state index is -5.68. The van der Waals surface area contributed by atoms with Gasteiger partial charge in [0.1, 0.15) is 59.2 Å². The first-order valence-corrected chi connectivity index (χ1v) is 41.0. The van der Waals surface area contributed by atoms with Gasteiger partial charge in [-0.05, 0) is 101 Å². The minimum absolute atomic E-state index is 0.0238. The molecule has 4 aromatic carbocycles. The van der Waals surface area contributed by atoms with Crippen LogP contribution in [0.1, 0.15) is 87.6 Å². The number of likely N-dealkylation sites (N-methyl/N-ethyl adjacent to an activating group) is 2. The molecule has 6 aromatic rings. The summed E-state index contributed by atoms with van der Waals surface area (Å²) >= 11 is 0. The Hall–Kier alpha value is -12.2. The van der Waals surface area contributed by atoms with Crippen LogP contribution in [0, 0.1) is 40.0 Å². The lowest BCUT2D eigenvalue weighted by Gasteiger charge is -2.34. The Bertz CT molecular complexity index is 4990.